The first-order chi connectivity index (χ1) is 12.9. The molecule has 0 heterocycles. The van der Waals surface area contributed by atoms with Gasteiger partial charge in [-0.05, 0) is 12.8 Å². The molecule has 27 heavy (non-hydrogen) atoms. The fraction of sp³-hybridized carbons (Fsp3) is 0.789. The molecule has 1 atom stereocenters. The lowest BCUT2D eigenvalue weighted by Crippen LogP contribution is -2.41. The Bertz CT molecular complexity index is 467. The van der Waals surface area contributed by atoms with E-state index in [2.05, 4.69) is 17.0 Å². The number of carboxylic acids is 1. The molecule has 8 nitrogen and oxygen atoms in total. The summed E-state index contributed by atoms with van der Waals surface area (Å²) in [7, 11) is 0. The van der Waals surface area contributed by atoms with Crippen LogP contribution >= 0.6 is 0 Å². The molecule has 8 heteroatoms. The van der Waals surface area contributed by atoms with Gasteiger partial charge in [0.1, 0.15) is 6.04 Å². The van der Waals surface area contributed by atoms with Gasteiger partial charge in [0.2, 0.25) is 5.91 Å². The number of hydrogen-bond acceptors (Lipinski definition) is 6. The summed E-state index contributed by atoms with van der Waals surface area (Å²) >= 11 is 0. The third kappa shape index (κ3) is 14.9. The number of esters is 2. The van der Waals surface area contributed by atoms with Gasteiger partial charge in [0, 0.05) is 12.8 Å². The maximum absolute atomic E-state index is 11.9. The summed E-state index contributed by atoms with van der Waals surface area (Å²) in [6.45, 7) is 1.76. The van der Waals surface area contributed by atoms with Crippen LogP contribution in [0.1, 0.15) is 84.0 Å². The topological polar surface area (TPSA) is 136 Å². The summed E-state index contributed by atoms with van der Waals surface area (Å²) in [5.41, 5.74) is 5.02. The number of ether oxygens (including phenoxy) is 1. The summed E-state index contributed by atoms with van der Waals surface area (Å²) in [5, 5.41) is 11.5. The highest BCUT2D eigenvalue weighted by Gasteiger charge is 2.21. The maximum Gasteiger partial charge on any atom is 0.327 e. The molecule has 0 aromatic carbocycles. The minimum atomic E-state index is -1.23. The van der Waals surface area contributed by atoms with Crippen molar-refractivity contribution in [3.8, 4) is 0 Å². The van der Waals surface area contributed by atoms with Gasteiger partial charge < -0.3 is 20.9 Å². The van der Waals surface area contributed by atoms with Crippen molar-refractivity contribution in [3.05, 3.63) is 0 Å². The minimum absolute atomic E-state index is 0.143. The van der Waals surface area contributed by atoms with Crippen molar-refractivity contribution >= 4 is 23.8 Å². The third-order valence-electron chi connectivity index (χ3n) is 4.17. The number of amides is 1. The lowest BCUT2D eigenvalue weighted by molar-refractivity contribution is -0.158. The van der Waals surface area contributed by atoms with Gasteiger partial charge in [-0.15, -0.1) is 0 Å². The Balaban J connectivity index is 3.90. The highest BCUT2D eigenvalue weighted by atomic mass is 16.6. The van der Waals surface area contributed by atoms with Gasteiger partial charge in [-0.1, -0.05) is 58.3 Å². The molecule has 1 amide bonds. The molecule has 0 aliphatic carbocycles. The number of nitrogens with two attached hydrogens (primary N) is 1. The zero-order chi connectivity index (χ0) is 20.5. The van der Waals surface area contributed by atoms with E-state index in [1.807, 2.05) is 0 Å². The van der Waals surface area contributed by atoms with E-state index in [1.54, 1.807) is 0 Å². The van der Waals surface area contributed by atoms with E-state index in [0.29, 0.717) is 6.42 Å². The second-order valence-electron chi connectivity index (χ2n) is 6.63. The molecular formula is C19H34N2O6. The average molecular weight is 386 g/mol. The van der Waals surface area contributed by atoms with Gasteiger partial charge in [-0.3, -0.25) is 14.4 Å². The summed E-state index contributed by atoms with van der Waals surface area (Å²) < 4.78 is 4.36. The van der Waals surface area contributed by atoms with Crippen molar-refractivity contribution in [3.63, 3.8) is 0 Å². The van der Waals surface area contributed by atoms with Crippen LogP contribution in [0.2, 0.25) is 0 Å². The Kier molecular flexibility index (Phi) is 15.1. The summed E-state index contributed by atoms with van der Waals surface area (Å²) in [6, 6.07) is -1.18. The standard InChI is InChI=1S/C19H34N2O6/c1-2-3-4-5-6-7-8-9-10-11-16(22)21-15(19(25)26)12-13-17(23)27-18(24)14-20/h15H,2-14,20H2,1H3,(H,21,22)(H,25,26)/t15-/m0/s1. The van der Waals surface area contributed by atoms with Gasteiger partial charge in [-0.2, -0.15) is 0 Å². The Hall–Kier alpha value is -1.96. The molecule has 156 valence electrons. The number of unbranched alkanes of at least 4 members (excludes halogenated alkanes) is 8. The zero-order valence-corrected chi connectivity index (χ0v) is 16.3. The Morgan fingerprint density at radius 3 is 1.96 bits per heavy atom. The minimum Gasteiger partial charge on any atom is -0.480 e. The van der Waals surface area contributed by atoms with Crippen molar-refractivity contribution in [1.29, 1.82) is 0 Å². The molecule has 0 saturated carbocycles. The van der Waals surface area contributed by atoms with Crippen LogP contribution in [-0.4, -0.2) is 41.5 Å². The summed E-state index contributed by atoms with van der Waals surface area (Å²) in [5.74, 6) is -3.31. The zero-order valence-electron chi connectivity index (χ0n) is 16.3. The van der Waals surface area contributed by atoms with Gasteiger partial charge in [0.15, 0.2) is 0 Å². The smallest absolute Gasteiger partial charge is 0.327 e. The Morgan fingerprint density at radius 2 is 1.44 bits per heavy atom. The van der Waals surface area contributed by atoms with E-state index in [0.717, 1.165) is 19.3 Å². The highest BCUT2D eigenvalue weighted by molar-refractivity contribution is 5.87. The summed E-state index contributed by atoms with van der Waals surface area (Å²) in [6.07, 6.45) is 9.98. The molecule has 0 aromatic heterocycles. The van der Waals surface area contributed by atoms with Crippen molar-refractivity contribution < 1.29 is 29.0 Å². The van der Waals surface area contributed by atoms with Crippen molar-refractivity contribution in [1.82, 2.24) is 5.32 Å². The van der Waals surface area contributed by atoms with Crippen LogP contribution in [-0.2, 0) is 23.9 Å². The molecule has 0 rings (SSSR count). The predicted molar refractivity (Wildman–Crippen MR) is 101 cm³/mol. The van der Waals surface area contributed by atoms with Crippen LogP contribution < -0.4 is 11.1 Å². The fourth-order valence-corrected chi connectivity index (χ4v) is 2.60. The Labute approximate surface area is 161 Å². The van der Waals surface area contributed by atoms with E-state index < -0.39 is 30.5 Å². The van der Waals surface area contributed by atoms with Gasteiger partial charge >= 0.3 is 17.9 Å². The molecular weight excluding hydrogens is 352 g/mol. The van der Waals surface area contributed by atoms with Crippen molar-refractivity contribution in [2.45, 2.75) is 90.0 Å². The van der Waals surface area contributed by atoms with E-state index >= 15 is 0 Å². The molecule has 0 aromatic rings. The second kappa shape index (κ2) is 16.2. The van der Waals surface area contributed by atoms with E-state index in [4.69, 9.17) is 10.8 Å². The van der Waals surface area contributed by atoms with Gasteiger partial charge in [0.25, 0.3) is 0 Å². The van der Waals surface area contributed by atoms with Crippen LogP contribution in [0.5, 0.6) is 0 Å². The molecule has 0 saturated heterocycles. The van der Waals surface area contributed by atoms with Crippen LogP contribution in [0, 0.1) is 0 Å². The SMILES string of the molecule is CCCCCCCCCCCC(=O)N[C@@H](CCC(=O)OC(=O)CN)C(=O)O. The first-order valence-corrected chi connectivity index (χ1v) is 9.86. The number of carbonyl (C=O) groups is 4. The number of carboxylic acid groups (broad SMARTS) is 1. The fourth-order valence-electron chi connectivity index (χ4n) is 2.60. The molecule has 0 aliphatic heterocycles. The monoisotopic (exact) mass is 386 g/mol. The first kappa shape index (κ1) is 25.0. The van der Waals surface area contributed by atoms with Crippen LogP contribution in [0.15, 0.2) is 0 Å². The second-order valence-corrected chi connectivity index (χ2v) is 6.63. The molecule has 0 aliphatic rings. The van der Waals surface area contributed by atoms with Gasteiger partial charge in [-0.25, -0.2) is 4.79 Å². The summed E-state index contributed by atoms with van der Waals surface area (Å²) in [4.78, 5) is 45.3. The third-order valence-corrected chi connectivity index (χ3v) is 4.17. The molecule has 0 bridgehead atoms. The first-order valence-electron chi connectivity index (χ1n) is 9.86. The number of aliphatic carboxylic acids is 1. The highest BCUT2D eigenvalue weighted by Crippen LogP contribution is 2.10. The lowest BCUT2D eigenvalue weighted by atomic mass is 10.1. The largest absolute Gasteiger partial charge is 0.480 e. The van der Waals surface area contributed by atoms with Crippen LogP contribution in [0.3, 0.4) is 0 Å². The van der Waals surface area contributed by atoms with Crippen LogP contribution in [0.4, 0.5) is 0 Å². The number of rotatable bonds is 16. The molecule has 0 spiro atoms. The number of hydrogen-bond donors (Lipinski definition) is 3. The van der Waals surface area contributed by atoms with E-state index in [-0.39, 0.29) is 25.2 Å². The van der Waals surface area contributed by atoms with Crippen molar-refractivity contribution in [2.75, 3.05) is 6.54 Å². The predicted octanol–water partition coefficient (Wildman–Crippen LogP) is 2.29. The number of nitrogens with one attached hydrogen (secondary N) is 1. The molecule has 0 radical (unpaired) electrons. The molecule has 4 N–H and O–H groups in total. The molecule has 0 unspecified atom stereocenters. The van der Waals surface area contributed by atoms with Crippen LogP contribution in [0.25, 0.3) is 0 Å². The molecule has 0 fully saturated rings. The van der Waals surface area contributed by atoms with E-state index in [1.165, 1.54) is 32.1 Å². The average Bonchev–Trinajstić information content (AvgIpc) is 2.63. The Morgan fingerprint density at radius 1 is 0.889 bits per heavy atom. The normalized spacial score (nSPS) is 11.6. The van der Waals surface area contributed by atoms with Crippen molar-refractivity contribution in [2.24, 2.45) is 5.73 Å². The van der Waals surface area contributed by atoms with E-state index in [9.17, 15) is 19.2 Å². The lowest BCUT2D eigenvalue weighted by Gasteiger charge is -2.14. The quantitative estimate of drug-likeness (QED) is 0.210. The maximum atomic E-state index is 11.9. The number of carbonyl (C=O) groups excluding carboxylic acids is 3. The van der Waals surface area contributed by atoms with Gasteiger partial charge in [0.05, 0.1) is 6.54 Å².